The summed E-state index contributed by atoms with van der Waals surface area (Å²) in [5.74, 6) is 0. The first-order valence-electron chi connectivity index (χ1n) is 11.3. The van der Waals surface area contributed by atoms with Gasteiger partial charge < -0.3 is 14.3 Å². The molecule has 2 aromatic rings. The first kappa shape index (κ1) is 26.1. The predicted octanol–water partition coefficient (Wildman–Crippen LogP) is 6.92. The maximum absolute atomic E-state index is 11.1. The molecule has 0 amide bonds. The molecule has 0 aliphatic carbocycles. The Bertz CT molecular complexity index is 746. The van der Waals surface area contributed by atoms with Gasteiger partial charge in [0, 0.05) is 11.5 Å². The van der Waals surface area contributed by atoms with Gasteiger partial charge in [-0.25, -0.2) is 0 Å². The van der Waals surface area contributed by atoms with Gasteiger partial charge in [0.25, 0.3) is 0 Å². The Morgan fingerprint density at radius 3 is 2.13 bits per heavy atom. The van der Waals surface area contributed by atoms with Gasteiger partial charge in [0.2, 0.25) is 0 Å². The lowest BCUT2D eigenvalue weighted by Crippen LogP contribution is -2.41. The Morgan fingerprint density at radius 2 is 1.55 bits per heavy atom. The molecule has 2 aromatic carbocycles. The van der Waals surface area contributed by atoms with Crippen molar-refractivity contribution in [1.82, 2.24) is 0 Å². The fourth-order valence-electron chi connectivity index (χ4n) is 3.04. The van der Waals surface area contributed by atoms with Crippen molar-refractivity contribution < 1.29 is 14.3 Å². The number of ether oxygens (including phenoxy) is 1. The summed E-state index contributed by atoms with van der Waals surface area (Å²) in [6, 6.07) is 20.5. The van der Waals surface area contributed by atoms with E-state index in [-0.39, 0.29) is 16.4 Å². The molecule has 3 nitrogen and oxygen atoms in total. The summed E-state index contributed by atoms with van der Waals surface area (Å²) >= 11 is 1.70. The molecule has 0 fully saturated rings. The van der Waals surface area contributed by atoms with Gasteiger partial charge in [0.15, 0.2) is 8.32 Å². The van der Waals surface area contributed by atoms with E-state index in [0.717, 1.165) is 16.9 Å². The fraction of sp³-hybridized carbons (Fsp3) is 0.538. The number of rotatable bonds is 12. The molecule has 0 saturated carbocycles. The number of thioether (sulfide) groups is 1. The largest absolute Gasteiger partial charge is 0.417 e. The lowest BCUT2D eigenvalue weighted by molar-refractivity contribution is 0.0175. The van der Waals surface area contributed by atoms with E-state index in [1.807, 2.05) is 36.4 Å². The van der Waals surface area contributed by atoms with Gasteiger partial charge in [-0.1, -0.05) is 69.3 Å². The second kappa shape index (κ2) is 12.2. The van der Waals surface area contributed by atoms with Crippen molar-refractivity contribution >= 4 is 20.1 Å². The van der Waals surface area contributed by atoms with Crippen LogP contribution in [0.25, 0.3) is 0 Å². The number of hydrogen-bond acceptors (Lipinski definition) is 4. The minimum Gasteiger partial charge on any atom is -0.417 e. The van der Waals surface area contributed by atoms with Gasteiger partial charge in [-0.05, 0) is 55.6 Å². The maximum Gasteiger partial charge on any atom is 0.191 e. The molecular formula is C26H40O3SSi. The van der Waals surface area contributed by atoms with Crippen LogP contribution in [0.2, 0.25) is 18.1 Å². The Hall–Kier alpha value is -1.11. The zero-order chi connectivity index (χ0) is 22.9. The van der Waals surface area contributed by atoms with Crippen LogP contribution in [0, 0.1) is 0 Å². The van der Waals surface area contributed by atoms with Crippen molar-refractivity contribution in [1.29, 1.82) is 0 Å². The molecule has 31 heavy (non-hydrogen) atoms. The van der Waals surface area contributed by atoms with E-state index in [2.05, 4.69) is 65.1 Å². The molecule has 0 saturated heterocycles. The van der Waals surface area contributed by atoms with Crippen molar-refractivity contribution in [3.8, 4) is 0 Å². The topological polar surface area (TPSA) is 38.7 Å². The average molecular weight is 461 g/mol. The van der Waals surface area contributed by atoms with E-state index in [1.165, 1.54) is 0 Å². The molecule has 5 heteroatoms. The highest BCUT2D eigenvalue weighted by atomic mass is 32.2. The normalized spacial score (nSPS) is 15.5. The molecular weight excluding hydrogens is 420 g/mol. The van der Waals surface area contributed by atoms with Crippen LogP contribution in [-0.2, 0) is 15.8 Å². The number of benzene rings is 2. The summed E-state index contributed by atoms with van der Waals surface area (Å²) in [5.41, 5.74) is 1.15. The van der Waals surface area contributed by atoms with Crippen LogP contribution in [0.4, 0.5) is 0 Å². The summed E-state index contributed by atoms with van der Waals surface area (Å²) < 4.78 is 12.5. The smallest absolute Gasteiger partial charge is 0.191 e. The Balaban J connectivity index is 1.95. The molecule has 0 aliphatic rings. The zero-order valence-corrected chi connectivity index (χ0v) is 21.8. The van der Waals surface area contributed by atoms with Crippen LogP contribution < -0.4 is 0 Å². The predicted molar refractivity (Wildman–Crippen MR) is 135 cm³/mol. The van der Waals surface area contributed by atoms with Crippen LogP contribution in [0.5, 0.6) is 0 Å². The van der Waals surface area contributed by atoms with E-state index in [0.29, 0.717) is 19.6 Å². The fourth-order valence-corrected chi connectivity index (χ4v) is 5.32. The van der Waals surface area contributed by atoms with Crippen molar-refractivity contribution in [2.75, 3.05) is 6.61 Å². The summed E-state index contributed by atoms with van der Waals surface area (Å²) in [6.07, 6.45) is 1.02. The van der Waals surface area contributed by atoms with Gasteiger partial charge in [0.05, 0.1) is 24.1 Å². The molecule has 0 aromatic heterocycles. The van der Waals surface area contributed by atoms with Gasteiger partial charge >= 0.3 is 0 Å². The minimum absolute atomic E-state index is 0.0426. The second-order valence-electron chi connectivity index (χ2n) is 9.72. The number of aliphatic hydroxyl groups is 1. The molecule has 2 rings (SSSR count). The van der Waals surface area contributed by atoms with Gasteiger partial charge in [-0.3, -0.25) is 0 Å². The Kier molecular flexibility index (Phi) is 10.3. The van der Waals surface area contributed by atoms with Crippen LogP contribution in [0.3, 0.4) is 0 Å². The minimum atomic E-state index is -1.75. The van der Waals surface area contributed by atoms with Gasteiger partial charge in [-0.15, -0.1) is 11.8 Å². The lowest BCUT2D eigenvalue weighted by atomic mass is 10.1. The molecule has 0 unspecified atom stereocenters. The maximum atomic E-state index is 11.1. The molecule has 1 N–H and O–H groups in total. The Labute approximate surface area is 194 Å². The van der Waals surface area contributed by atoms with Crippen molar-refractivity contribution in [2.24, 2.45) is 0 Å². The van der Waals surface area contributed by atoms with E-state index in [1.54, 1.807) is 11.8 Å². The van der Waals surface area contributed by atoms with Crippen LogP contribution in [-0.4, -0.2) is 37.5 Å². The van der Waals surface area contributed by atoms with Crippen molar-refractivity contribution in [3.05, 3.63) is 66.2 Å². The van der Waals surface area contributed by atoms with Crippen LogP contribution >= 0.6 is 11.8 Å². The second-order valence-corrected chi connectivity index (χ2v) is 15.8. The first-order valence-corrected chi connectivity index (χ1v) is 15.1. The summed E-state index contributed by atoms with van der Waals surface area (Å²) in [7, 11) is -1.75. The highest BCUT2D eigenvalue weighted by molar-refractivity contribution is 8.00. The number of aliphatic hydroxyl groups excluding tert-OH is 1. The van der Waals surface area contributed by atoms with Crippen molar-refractivity contribution in [3.63, 3.8) is 0 Å². The third-order valence-electron chi connectivity index (χ3n) is 6.13. The van der Waals surface area contributed by atoms with E-state index < -0.39 is 14.4 Å². The number of hydrogen-bond donors (Lipinski definition) is 1. The zero-order valence-electron chi connectivity index (χ0n) is 20.0. The third-order valence-corrected chi connectivity index (χ3v) is 12.2. The molecule has 0 spiro atoms. The SMILES string of the molecule is C[C@H](OCc1ccccc1)[C@H](Sc1ccccc1)[C@@H](O)CCCO[Si](C)(C)C(C)(C)C. The van der Waals surface area contributed by atoms with Crippen molar-refractivity contribution in [2.45, 2.75) is 87.6 Å². The standard InChI is InChI=1S/C26H40O3SSi/c1-21(28-20-22-14-9-7-10-15-22)25(30-23-16-11-8-12-17-23)24(27)18-13-19-29-31(5,6)26(2,3)4/h7-12,14-17,21,24-25,27H,13,18-20H2,1-6H3/t21-,24-,25-/m0/s1. The summed E-state index contributed by atoms with van der Waals surface area (Å²) in [5, 5.41) is 11.2. The Morgan fingerprint density at radius 1 is 0.968 bits per heavy atom. The molecule has 0 radical (unpaired) electrons. The van der Waals surface area contributed by atoms with Crippen LogP contribution in [0.15, 0.2) is 65.6 Å². The molecule has 0 heterocycles. The van der Waals surface area contributed by atoms with Crippen LogP contribution in [0.1, 0.15) is 46.1 Å². The highest BCUT2D eigenvalue weighted by Gasteiger charge is 2.37. The quantitative estimate of drug-likeness (QED) is 0.212. The highest BCUT2D eigenvalue weighted by Crippen LogP contribution is 2.37. The summed E-state index contributed by atoms with van der Waals surface area (Å²) in [4.78, 5) is 1.15. The molecule has 3 atom stereocenters. The molecule has 0 aliphatic heterocycles. The summed E-state index contributed by atoms with van der Waals surface area (Å²) in [6.45, 7) is 14.6. The first-order chi connectivity index (χ1) is 14.6. The van der Waals surface area contributed by atoms with E-state index >= 15 is 0 Å². The average Bonchev–Trinajstić information content (AvgIpc) is 2.74. The lowest BCUT2D eigenvalue weighted by Gasteiger charge is -2.36. The van der Waals surface area contributed by atoms with E-state index in [4.69, 9.17) is 9.16 Å². The monoisotopic (exact) mass is 460 g/mol. The van der Waals surface area contributed by atoms with E-state index in [9.17, 15) is 5.11 Å². The van der Waals surface area contributed by atoms with Gasteiger partial charge in [0.1, 0.15) is 0 Å². The molecule has 172 valence electrons. The van der Waals surface area contributed by atoms with Gasteiger partial charge in [-0.2, -0.15) is 0 Å². The molecule has 0 bridgehead atoms. The third kappa shape index (κ3) is 8.74.